The van der Waals surface area contributed by atoms with E-state index in [0.717, 1.165) is 12.0 Å². The normalized spacial score (nSPS) is 40.0. The molecule has 0 saturated carbocycles. The number of carbonyl (C=O) groups is 3. The SMILES string of the molecule is CCC(C(=O)[C@@H](C)[C@@H](O)[C@H](C)[C@@H]1O[C@@H]([C@@H](CC)C(=O)O)CC[C@@H]1C)[C@H]1O[C@]2(C=C[C@@H](NC(=O)NCCc3cccnc3)[C@]3(CC[C@@](C)([C@H]4CC[C@](O)(CC)[C@H](C)O4)O3)O2)[C@H](C)C[C@@H]1C. The minimum Gasteiger partial charge on any atom is -0.481 e. The van der Waals surface area contributed by atoms with Crippen molar-refractivity contribution >= 4 is 17.8 Å². The van der Waals surface area contributed by atoms with Crippen LogP contribution in [0.25, 0.3) is 0 Å². The lowest BCUT2D eigenvalue weighted by Crippen LogP contribution is -2.66. The number of carboxylic acid groups (broad SMARTS) is 1. The lowest BCUT2D eigenvalue weighted by atomic mass is 9.72. The molecule has 5 aliphatic heterocycles. The lowest BCUT2D eigenvalue weighted by Gasteiger charge is -2.55. The van der Waals surface area contributed by atoms with Gasteiger partial charge >= 0.3 is 12.0 Å². The fourth-order valence-electron chi connectivity index (χ4n) is 11.7. The van der Waals surface area contributed by atoms with Crippen LogP contribution in [0.4, 0.5) is 4.79 Å². The largest absolute Gasteiger partial charge is 0.481 e. The predicted octanol–water partition coefficient (Wildman–Crippen LogP) is 7.13. The van der Waals surface area contributed by atoms with Crippen molar-refractivity contribution in [1.29, 1.82) is 0 Å². The number of Topliss-reactive ketones (excluding diaryl/α,β-unsaturated/α-hetero) is 1. The highest BCUT2D eigenvalue weighted by atomic mass is 16.8. The molecule has 5 aliphatic rings. The topological polar surface area (TPSA) is 195 Å². The molecule has 18 atom stereocenters. The number of nitrogens with one attached hydrogen (secondary N) is 2. The van der Waals surface area contributed by atoms with Crippen LogP contribution >= 0.6 is 0 Å². The molecule has 14 nitrogen and oxygen atoms in total. The van der Waals surface area contributed by atoms with Crippen LogP contribution in [-0.2, 0) is 39.7 Å². The van der Waals surface area contributed by atoms with Crippen LogP contribution in [0.15, 0.2) is 36.7 Å². The molecule has 1 unspecified atom stereocenters. The number of pyridine rings is 1. The van der Waals surface area contributed by atoms with Gasteiger partial charge in [-0.1, -0.05) is 67.5 Å². The first-order valence-electron chi connectivity index (χ1n) is 24.4. The third kappa shape index (κ3) is 10.3. The van der Waals surface area contributed by atoms with Crippen LogP contribution in [0.5, 0.6) is 0 Å². The summed E-state index contributed by atoms with van der Waals surface area (Å²) in [5.41, 5.74) is -0.727. The second kappa shape index (κ2) is 20.5. The second-order valence-corrected chi connectivity index (χ2v) is 20.5. The monoisotopic (exact) mass is 898 g/mol. The number of amides is 2. The van der Waals surface area contributed by atoms with Crippen LogP contribution in [0.3, 0.4) is 0 Å². The van der Waals surface area contributed by atoms with Gasteiger partial charge in [-0.25, -0.2) is 4.79 Å². The maximum absolute atomic E-state index is 14.7. The summed E-state index contributed by atoms with van der Waals surface area (Å²) in [5.74, 6) is -6.09. The number of hydrogen-bond acceptors (Lipinski definition) is 11. The van der Waals surface area contributed by atoms with Crippen LogP contribution < -0.4 is 10.6 Å². The number of aliphatic carboxylic acids is 1. The van der Waals surface area contributed by atoms with Gasteiger partial charge in [0.2, 0.25) is 0 Å². The van der Waals surface area contributed by atoms with Gasteiger partial charge in [-0.15, -0.1) is 0 Å². The van der Waals surface area contributed by atoms with Gasteiger partial charge in [-0.2, -0.15) is 0 Å². The van der Waals surface area contributed by atoms with E-state index in [1.54, 1.807) is 19.3 Å². The lowest BCUT2D eigenvalue weighted by molar-refractivity contribution is -0.397. The zero-order valence-electron chi connectivity index (χ0n) is 40.1. The molecule has 360 valence electrons. The number of carboxylic acids is 1. The van der Waals surface area contributed by atoms with Crippen molar-refractivity contribution in [2.24, 2.45) is 41.4 Å². The molecule has 0 aromatic carbocycles. The minimum atomic E-state index is -1.36. The Morgan fingerprint density at radius 3 is 2.31 bits per heavy atom. The van der Waals surface area contributed by atoms with Gasteiger partial charge in [0.25, 0.3) is 0 Å². The van der Waals surface area contributed by atoms with E-state index in [1.165, 1.54) is 0 Å². The standard InChI is InChI=1S/C50H79N3O11/c1-11-36(45(56)57)38-17-16-29(4)43(61-38)33(8)41(54)32(7)42(55)37(12-2)44-30(5)27-31(6)49(62-44)22-18-39(53-46(58)52-26-20-35-15-14-25-51-28-35)50(64-49)24-23-47(10,63-50)40-19-21-48(59,13-3)34(9)60-40/h14-15,18,22,25,28-34,36-41,43-44,54,59H,11-13,16-17,19-21,23-24,26-27H2,1-10H3,(H,56,57)(H2,52,53,58)/t29-,30-,31+,32-,33-,34-,36+,37?,38+,39+,40+,41+,43+,44-,47-,48+,49-,50-/m0/s1. The summed E-state index contributed by atoms with van der Waals surface area (Å²) in [5, 5.41) is 39.1. The third-order valence-electron chi connectivity index (χ3n) is 16.2. The fraction of sp³-hybridized carbons (Fsp3) is 0.800. The number of hydrogen-bond donors (Lipinski definition) is 5. The first-order valence-corrected chi connectivity index (χ1v) is 24.4. The number of ketones is 1. The molecule has 4 saturated heterocycles. The van der Waals surface area contributed by atoms with E-state index in [1.807, 2.05) is 65.8 Å². The van der Waals surface area contributed by atoms with Crippen molar-refractivity contribution in [2.45, 2.75) is 205 Å². The summed E-state index contributed by atoms with van der Waals surface area (Å²) in [7, 11) is 0. The van der Waals surface area contributed by atoms with Crippen molar-refractivity contribution in [3.63, 3.8) is 0 Å². The summed E-state index contributed by atoms with van der Waals surface area (Å²) in [4.78, 5) is 44.5. The molecule has 2 amide bonds. The van der Waals surface area contributed by atoms with Gasteiger partial charge in [-0.05, 0) is 108 Å². The van der Waals surface area contributed by atoms with E-state index >= 15 is 0 Å². The smallest absolute Gasteiger partial charge is 0.315 e. The first-order chi connectivity index (χ1) is 30.3. The maximum atomic E-state index is 14.7. The molecule has 6 rings (SSSR count). The number of carbonyl (C=O) groups excluding carboxylic acids is 2. The highest BCUT2D eigenvalue weighted by Gasteiger charge is 2.63. The number of aliphatic hydroxyl groups excluding tert-OH is 1. The maximum Gasteiger partial charge on any atom is 0.315 e. The zero-order chi connectivity index (χ0) is 46.8. The Balaban J connectivity index is 1.22. The van der Waals surface area contributed by atoms with E-state index in [2.05, 4.69) is 36.4 Å². The van der Waals surface area contributed by atoms with Crippen LogP contribution in [-0.4, -0.2) is 110 Å². The van der Waals surface area contributed by atoms with Gasteiger partial charge in [0.05, 0.1) is 53.7 Å². The summed E-state index contributed by atoms with van der Waals surface area (Å²) >= 11 is 0. The Morgan fingerprint density at radius 2 is 1.67 bits per heavy atom. The number of rotatable bonds is 16. The molecule has 5 N–H and O–H groups in total. The molecular weight excluding hydrogens is 819 g/mol. The average Bonchev–Trinajstić information content (AvgIpc) is 3.61. The number of aromatic nitrogens is 1. The number of nitrogens with zero attached hydrogens (tertiary/aromatic N) is 1. The van der Waals surface area contributed by atoms with E-state index < -0.39 is 89.0 Å². The van der Waals surface area contributed by atoms with Crippen molar-refractivity contribution < 1.29 is 53.4 Å². The molecule has 0 aliphatic carbocycles. The molecule has 14 heteroatoms. The Kier molecular flexibility index (Phi) is 16.1. The van der Waals surface area contributed by atoms with Crippen molar-refractivity contribution in [3.05, 3.63) is 42.2 Å². The van der Waals surface area contributed by atoms with E-state index in [9.17, 15) is 29.7 Å². The first kappa shape index (κ1) is 50.4. The molecule has 2 spiro atoms. The van der Waals surface area contributed by atoms with Crippen molar-refractivity contribution in [3.8, 4) is 0 Å². The molecular formula is C50H79N3O11. The zero-order valence-corrected chi connectivity index (χ0v) is 40.1. The predicted molar refractivity (Wildman–Crippen MR) is 241 cm³/mol. The van der Waals surface area contributed by atoms with Crippen LogP contribution in [0.1, 0.15) is 139 Å². The molecule has 6 heterocycles. The summed E-state index contributed by atoms with van der Waals surface area (Å²) < 4.78 is 34.6. The van der Waals surface area contributed by atoms with Gasteiger partial charge in [0.1, 0.15) is 11.8 Å². The summed E-state index contributed by atoms with van der Waals surface area (Å²) in [6.07, 6.45) is 10.5. The van der Waals surface area contributed by atoms with E-state index in [4.69, 9.17) is 23.7 Å². The van der Waals surface area contributed by atoms with Gasteiger partial charge in [0.15, 0.2) is 11.6 Å². The Labute approximate surface area is 381 Å². The van der Waals surface area contributed by atoms with Gasteiger partial charge in [-0.3, -0.25) is 14.6 Å². The Hall–Kier alpha value is -2.98. The summed E-state index contributed by atoms with van der Waals surface area (Å²) in [6, 6.07) is 2.76. The minimum absolute atomic E-state index is 0.0284. The molecule has 0 bridgehead atoms. The highest BCUT2D eigenvalue weighted by Crippen LogP contribution is 2.54. The number of urea groups is 1. The van der Waals surface area contributed by atoms with Gasteiger partial charge < -0.3 is 49.6 Å². The van der Waals surface area contributed by atoms with Crippen molar-refractivity contribution in [1.82, 2.24) is 15.6 Å². The van der Waals surface area contributed by atoms with Crippen molar-refractivity contribution in [2.75, 3.05) is 6.54 Å². The molecule has 1 aromatic heterocycles. The van der Waals surface area contributed by atoms with Crippen LogP contribution in [0, 0.1) is 41.4 Å². The third-order valence-corrected chi connectivity index (χ3v) is 16.2. The fourth-order valence-corrected chi connectivity index (χ4v) is 11.7. The van der Waals surface area contributed by atoms with Gasteiger partial charge in [0, 0.05) is 49.0 Å². The number of ether oxygens (including phenoxy) is 5. The second-order valence-electron chi connectivity index (χ2n) is 20.5. The Bertz CT molecular complexity index is 1790. The highest BCUT2D eigenvalue weighted by molar-refractivity contribution is 5.84. The number of aliphatic hydroxyl groups is 2. The Morgan fingerprint density at radius 1 is 0.938 bits per heavy atom. The molecule has 1 aromatic rings. The summed E-state index contributed by atoms with van der Waals surface area (Å²) in [6.45, 7) is 20.1. The average molecular weight is 898 g/mol. The van der Waals surface area contributed by atoms with E-state index in [-0.39, 0.29) is 35.7 Å². The molecule has 0 radical (unpaired) electrons. The quantitative estimate of drug-likeness (QED) is 0.106. The molecule has 64 heavy (non-hydrogen) atoms. The molecule has 4 fully saturated rings. The van der Waals surface area contributed by atoms with E-state index in [0.29, 0.717) is 70.8 Å². The van der Waals surface area contributed by atoms with Crippen LogP contribution in [0.2, 0.25) is 0 Å².